The molecule has 0 bridgehead atoms. The number of aromatic nitrogens is 5. The molecular formula is C99H100N20O7S. The van der Waals surface area contributed by atoms with Gasteiger partial charge in [0.1, 0.15) is 28.7 Å². The van der Waals surface area contributed by atoms with E-state index < -0.39 is 27.6 Å². The number of guanidine groups is 4. The van der Waals surface area contributed by atoms with E-state index in [1.165, 1.54) is 24.5 Å². The average Bonchev–Trinajstić information content (AvgIpc) is 1.71. The van der Waals surface area contributed by atoms with Gasteiger partial charge in [-0.3, -0.25) is 73.8 Å². The Morgan fingerprint density at radius 3 is 1.39 bits per heavy atom. The molecule has 127 heavy (non-hydrogen) atoms. The van der Waals surface area contributed by atoms with Crippen molar-refractivity contribution < 1.29 is 33.1 Å². The fourth-order valence-electron chi connectivity index (χ4n) is 15.4. The largest absolute Gasteiger partial charge is 0.466 e. The summed E-state index contributed by atoms with van der Waals surface area (Å²) in [6, 6.07) is 44.4. The lowest BCUT2D eigenvalue weighted by Gasteiger charge is -2.49. The highest BCUT2D eigenvalue weighted by Gasteiger charge is 2.52. The van der Waals surface area contributed by atoms with Gasteiger partial charge in [-0.15, -0.1) is 41.9 Å². The molecule has 6 aromatic heterocycles. The van der Waals surface area contributed by atoms with Crippen LogP contribution >= 0.6 is 11.3 Å². The molecule has 644 valence electrons. The number of hydrogen-bond donors (Lipinski definition) is 5. The fraction of sp³-hybridized carbons (Fsp3) is 0.283. The Balaban J connectivity index is 0.000000145. The third-order valence-electron chi connectivity index (χ3n) is 22.9. The lowest BCUT2D eigenvalue weighted by molar-refractivity contribution is -0.139. The Morgan fingerprint density at radius 2 is 0.890 bits per heavy atom. The molecule has 2 fully saturated rings. The van der Waals surface area contributed by atoms with E-state index in [1.807, 2.05) is 181 Å². The number of carbonyl (C=O) groups is 5. The first kappa shape index (κ1) is 91.2. The molecule has 6 aliphatic rings. The number of hydrogen-bond acceptors (Lipinski definition) is 23. The van der Waals surface area contributed by atoms with E-state index >= 15 is 0 Å². The summed E-state index contributed by atoms with van der Waals surface area (Å²) < 4.78 is 11.2. The van der Waals surface area contributed by atoms with Crippen LogP contribution in [0.5, 0.6) is 0 Å². The number of rotatable bonds is 11. The van der Waals surface area contributed by atoms with Gasteiger partial charge >= 0.3 is 0 Å². The fourth-order valence-corrected chi connectivity index (χ4v) is 16.5. The summed E-state index contributed by atoms with van der Waals surface area (Å²) in [6.07, 6.45) is 24.4. The number of morpholine rings is 1. The zero-order valence-electron chi connectivity index (χ0n) is 73.3. The number of benzene rings is 4. The van der Waals surface area contributed by atoms with Crippen molar-refractivity contribution in [2.45, 2.75) is 121 Å². The maximum absolute atomic E-state index is 13.3. The van der Waals surface area contributed by atoms with Gasteiger partial charge in [-0.25, -0.2) is 25.0 Å². The predicted octanol–water partition coefficient (Wildman–Crippen LogP) is 11.8. The number of piperidine rings is 1. The number of likely N-dealkylation sites (N-methyl/N-ethyl adjacent to an activating group) is 1. The van der Waals surface area contributed by atoms with Crippen molar-refractivity contribution >= 4 is 70.5 Å². The van der Waals surface area contributed by atoms with Crippen LogP contribution in [-0.2, 0) is 56.3 Å². The number of likely N-dealkylation sites (tertiary alicyclic amines) is 1. The molecule has 4 aromatic carbocycles. The number of pyridine rings is 3. The van der Waals surface area contributed by atoms with Crippen LogP contribution in [-0.4, -0.2) is 181 Å². The van der Waals surface area contributed by atoms with Crippen molar-refractivity contribution in [1.82, 2.24) is 54.3 Å². The first-order chi connectivity index (χ1) is 60.6. The summed E-state index contributed by atoms with van der Waals surface area (Å²) in [6.45, 7) is 17.8. The summed E-state index contributed by atoms with van der Waals surface area (Å²) in [7, 11) is 8.20. The molecule has 16 rings (SSSR count). The summed E-state index contributed by atoms with van der Waals surface area (Å²) >= 11 is 1.65. The Bertz CT molecular complexity index is 6220. The summed E-state index contributed by atoms with van der Waals surface area (Å²) in [4.78, 5) is 112. The van der Waals surface area contributed by atoms with Crippen molar-refractivity contribution in [2.24, 2.45) is 42.9 Å². The van der Waals surface area contributed by atoms with Gasteiger partial charge in [0, 0.05) is 145 Å². The first-order valence-corrected chi connectivity index (χ1v) is 41.7. The lowest BCUT2D eigenvalue weighted by atomic mass is 9.73. The van der Waals surface area contributed by atoms with Crippen LogP contribution in [0.3, 0.4) is 0 Å². The summed E-state index contributed by atoms with van der Waals surface area (Å²) in [5, 5.41) is 10.5. The topological polar surface area (TPSA) is 369 Å². The Hall–Kier alpha value is -15.0. The summed E-state index contributed by atoms with van der Waals surface area (Å²) in [5.41, 5.74) is 35.8. The van der Waals surface area contributed by atoms with E-state index in [1.54, 1.807) is 90.7 Å². The number of carbonyl (C=O) groups excluding carboxylic acids is 5. The second-order valence-corrected chi connectivity index (χ2v) is 33.1. The SMILES string of the molecule is C#Cc1cccc(-c2cc([C@]3(C)CC(=O)N(C)C(N)=N3)ccn2)c1.C#Cc1cccc(-c2cc([C@]3(C)CC(=O)N(C)C(N)=N3)ccn2)c1.CC#Cc1cccc(-c2cncc([C@]3(C)CC(=O)N(C)C(N)=N3)n2)c1.CC#Cc1cccc(-c2coc([C@]3(C)CC(=O)N(C)C(N)=N3)c2)c1.CC#Cc1cncc(-c2csc([C@@]3(C)CC(=N)N(C)C(=O)C3N3CCOCC3)c2)c1. The quantitative estimate of drug-likeness (QED) is 0.0751. The number of ether oxygens (including phenoxy) is 1. The van der Waals surface area contributed by atoms with Crippen molar-refractivity contribution in [3.63, 3.8) is 0 Å². The standard InChI is InChI=1S/C23H26N4O2S.C19H19N5O.2C19H18N4O.C19H19N3O2/c1-4-5-16-10-17(14-25-13-16)18-11-19(30-15-18)23(2)12-20(24)26(3)22(28)21(23)27-6-8-29-9-7-27;1-4-6-13-7-5-8-14(9-13)15-11-21-12-16(22-15)19(2)10-17(25)24(3)18(20)23-19;2*1-4-13-6-5-7-14(10-13)16-11-15(8-9-21-16)19(2)12-17(24)23(3)18(20)22-19;1-4-6-13-7-5-8-14(9-13)15-10-16(24-12-15)19(2)11-17(23)22(3)18(20)21-19/h10-11,13-15,21,24H,6-9,12H2,1-3H3;5,7-9,11-12H,10H2,1-3H3,(H2,20,23);2*1,5-11H,12H2,2-3H3,(H2,20,22);5,7-10,12H,11H2,1-3H3,(H2,20,21)/t21?,23-;4*19-/m10000/s1. The van der Waals surface area contributed by atoms with E-state index in [4.69, 9.17) is 50.3 Å². The smallest absolute Gasteiger partial charge is 0.245 e. The van der Waals surface area contributed by atoms with Crippen LogP contribution in [0.2, 0.25) is 0 Å². The molecule has 0 aliphatic carbocycles. The Kier molecular flexibility index (Phi) is 27.9. The minimum absolute atomic E-state index is 0.00696. The molecule has 1 unspecified atom stereocenters. The lowest BCUT2D eigenvalue weighted by Crippen LogP contribution is -2.64. The van der Waals surface area contributed by atoms with Crippen molar-refractivity contribution in [1.29, 1.82) is 5.41 Å². The van der Waals surface area contributed by atoms with E-state index in [0.29, 0.717) is 42.6 Å². The molecule has 5 amide bonds. The van der Waals surface area contributed by atoms with Gasteiger partial charge in [0.15, 0.2) is 23.8 Å². The third kappa shape index (κ3) is 20.6. The number of nitrogens with zero attached hydrogens (tertiary/aromatic N) is 15. The highest BCUT2D eigenvalue weighted by Crippen LogP contribution is 2.45. The molecule has 0 radical (unpaired) electrons. The van der Waals surface area contributed by atoms with Crippen LogP contribution < -0.4 is 22.9 Å². The number of aliphatic imine (C=N–C) groups is 4. The second kappa shape index (κ2) is 38.8. The number of terminal acetylenes is 2. The van der Waals surface area contributed by atoms with E-state index in [2.05, 4.69) is 116 Å². The molecule has 28 heteroatoms. The summed E-state index contributed by atoms with van der Waals surface area (Å²) in [5.74, 6) is 24.6. The van der Waals surface area contributed by atoms with Crippen LogP contribution in [0.4, 0.5) is 0 Å². The molecule has 6 aliphatic heterocycles. The van der Waals surface area contributed by atoms with E-state index in [9.17, 15) is 24.0 Å². The van der Waals surface area contributed by atoms with Crippen LogP contribution in [0.1, 0.15) is 143 Å². The Morgan fingerprint density at radius 1 is 0.457 bits per heavy atom. The monoisotopic (exact) mass is 1710 g/mol. The molecule has 0 spiro atoms. The van der Waals surface area contributed by atoms with Gasteiger partial charge < -0.3 is 37.0 Å². The van der Waals surface area contributed by atoms with Gasteiger partial charge in [0.05, 0.1) is 91.4 Å². The molecular weight excluding hydrogens is 1610 g/mol. The predicted molar refractivity (Wildman–Crippen MR) is 496 cm³/mol. The van der Waals surface area contributed by atoms with Crippen molar-refractivity contribution in [2.75, 3.05) is 61.5 Å². The highest BCUT2D eigenvalue weighted by atomic mass is 32.1. The molecule has 9 N–H and O–H groups in total. The number of amides is 5. The van der Waals surface area contributed by atoms with Crippen LogP contribution in [0.25, 0.3) is 56.0 Å². The van der Waals surface area contributed by atoms with Gasteiger partial charge in [-0.1, -0.05) is 85.1 Å². The Labute approximate surface area is 744 Å². The first-order valence-electron chi connectivity index (χ1n) is 40.8. The van der Waals surface area contributed by atoms with Crippen molar-refractivity contribution in [3.8, 4) is 116 Å². The maximum atomic E-state index is 13.3. The normalized spacial score (nSPS) is 21.4. The zero-order chi connectivity index (χ0) is 91.3. The maximum Gasteiger partial charge on any atom is 0.245 e. The van der Waals surface area contributed by atoms with Crippen molar-refractivity contribution in [3.05, 3.63) is 244 Å². The van der Waals surface area contributed by atoms with Gasteiger partial charge in [-0.05, 0) is 167 Å². The third-order valence-corrected chi connectivity index (χ3v) is 24.2. The van der Waals surface area contributed by atoms with Gasteiger partial charge in [-0.2, -0.15) is 0 Å². The van der Waals surface area contributed by atoms with E-state index in [-0.39, 0.29) is 85.1 Å². The van der Waals surface area contributed by atoms with Gasteiger partial charge in [0.2, 0.25) is 29.5 Å². The number of furan rings is 1. The minimum Gasteiger partial charge on any atom is -0.466 e. The number of thiophene rings is 1. The van der Waals surface area contributed by atoms with E-state index in [0.717, 1.165) is 107 Å². The molecule has 2 saturated heterocycles. The number of amidine groups is 1. The van der Waals surface area contributed by atoms with Gasteiger partial charge in [0.25, 0.3) is 0 Å². The number of nitrogens with two attached hydrogens (primary N) is 4. The molecule has 27 nitrogen and oxygen atoms in total. The molecule has 10 aromatic rings. The average molecular weight is 1710 g/mol. The molecule has 0 saturated carbocycles. The van der Waals surface area contributed by atoms with Crippen LogP contribution in [0, 0.1) is 65.6 Å². The molecule has 6 atom stereocenters. The second-order valence-electron chi connectivity index (χ2n) is 32.2. The molecule has 12 heterocycles. The van der Waals surface area contributed by atoms with Crippen LogP contribution in [0.15, 0.2) is 213 Å². The number of nitrogens with one attached hydrogen (secondary N) is 1. The minimum atomic E-state index is -0.822. The zero-order valence-corrected chi connectivity index (χ0v) is 74.1. The highest BCUT2D eigenvalue weighted by molar-refractivity contribution is 7.10.